The third kappa shape index (κ3) is 1.60. The third-order valence-electron chi connectivity index (χ3n) is 3.47. The van der Waals surface area contributed by atoms with E-state index in [0.29, 0.717) is 5.15 Å². The summed E-state index contributed by atoms with van der Waals surface area (Å²) in [5, 5.41) is 4.04. The van der Waals surface area contributed by atoms with Gasteiger partial charge in [0.2, 0.25) is 0 Å². The van der Waals surface area contributed by atoms with Gasteiger partial charge in [0.05, 0.1) is 17.3 Å². The van der Waals surface area contributed by atoms with Crippen LogP contribution in [0.2, 0.25) is 5.15 Å². The molecule has 4 aromatic rings. The predicted octanol–water partition coefficient (Wildman–Crippen LogP) is 5.26. The molecule has 4 heteroatoms. The van der Waals surface area contributed by atoms with Crippen LogP contribution in [0.25, 0.3) is 31.1 Å². The lowest BCUT2D eigenvalue weighted by Gasteiger charge is -2.02. The number of aromatic nitrogens is 1. The summed E-state index contributed by atoms with van der Waals surface area (Å²) < 4.78 is 7.57. The molecule has 98 valence electrons. The van der Waals surface area contributed by atoms with E-state index in [0.717, 1.165) is 21.4 Å². The topological polar surface area (TPSA) is 22.1 Å². The van der Waals surface area contributed by atoms with Crippen molar-refractivity contribution in [1.82, 2.24) is 4.98 Å². The Morgan fingerprint density at radius 3 is 2.80 bits per heavy atom. The smallest absolute Gasteiger partial charge is 0.147 e. The van der Waals surface area contributed by atoms with Crippen molar-refractivity contribution in [1.29, 1.82) is 0 Å². The fourth-order valence-electron chi connectivity index (χ4n) is 2.56. The van der Waals surface area contributed by atoms with Crippen LogP contribution in [0.5, 0.6) is 5.75 Å². The molecular formula is C16H10ClNOS. The molecule has 0 bridgehead atoms. The maximum absolute atomic E-state index is 6.35. The molecule has 2 nitrogen and oxygen atoms in total. The predicted molar refractivity (Wildman–Crippen MR) is 86.2 cm³/mol. The molecular weight excluding hydrogens is 290 g/mol. The van der Waals surface area contributed by atoms with E-state index in [1.807, 2.05) is 24.3 Å². The summed E-state index contributed by atoms with van der Waals surface area (Å²) in [4.78, 5) is 4.49. The Morgan fingerprint density at radius 2 is 1.95 bits per heavy atom. The zero-order valence-electron chi connectivity index (χ0n) is 10.7. The van der Waals surface area contributed by atoms with Gasteiger partial charge in [0.15, 0.2) is 0 Å². The van der Waals surface area contributed by atoms with E-state index in [4.69, 9.17) is 16.3 Å². The molecule has 4 rings (SSSR count). The summed E-state index contributed by atoms with van der Waals surface area (Å²) >= 11 is 8.02. The number of methoxy groups -OCH3 is 1. The van der Waals surface area contributed by atoms with Gasteiger partial charge in [-0.3, -0.25) is 0 Å². The van der Waals surface area contributed by atoms with E-state index in [2.05, 4.69) is 23.2 Å². The highest BCUT2D eigenvalue weighted by Gasteiger charge is 2.13. The molecule has 0 unspecified atom stereocenters. The summed E-state index contributed by atoms with van der Waals surface area (Å²) in [7, 11) is 1.68. The van der Waals surface area contributed by atoms with E-state index in [9.17, 15) is 0 Å². The minimum absolute atomic E-state index is 0.568. The van der Waals surface area contributed by atoms with Crippen molar-refractivity contribution >= 4 is 54.0 Å². The number of pyridine rings is 1. The zero-order chi connectivity index (χ0) is 13.7. The number of thiophene rings is 1. The Hall–Kier alpha value is -1.84. The standard InChI is InChI=1S/C16H10ClNOS/c1-19-9-6-7-13-11(8-9)14-10-4-2-3-5-12(10)18-16(17)15(14)20-13/h2-8H,1H3. The molecule has 0 aliphatic rings. The first-order valence-electron chi connectivity index (χ1n) is 6.22. The fourth-order valence-corrected chi connectivity index (χ4v) is 3.94. The lowest BCUT2D eigenvalue weighted by Crippen LogP contribution is -1.82. The molecule has 0 aliphatic carbocycles. The Kier molecular flexibility index (Phi) is 2.59. The molecule has 2 heterocycles. The number of para-hydroxylation sites is 1. The third-order valence-corrected chi connectivity index (χ3v) is 5.04. The first-order valence-corrected chi connectivity index (χ1v) is 7.42. The Bertz CT molecular complexity index is 961. The molecule has 0 N–H and O–H groups in total. The largest absolute Gasteiger partial charge is 0.497 e. The molecule has 0 fully saturated rings. The first-order chi connectivity index (χ1) is 9.78. The zero-order valence-corrected chi connectivity index (χ0v) is 12.3. The van der Waals surface area contributed by atoms with Gasteiger partial charge >= 0.3 is 0 Å². The number of fused-ring (bicyclic) bond motifs is 5. The van der Waals surface area contributed by atoms with Crippen LogP contribution in [0, 0.1) is 0 Å². The van der Waals surface area contributed by atoms with Crippen molar-refractivity contribution in [2.45, 2.75) is 0 Å². The van der Waals surface area contributed by atoms with Gasteiger partial charge in [0.1, 0.15) is 10.9 Å². The van der Waals surface area contributed by atoms with E-state index >= 15 is 0 Å². The Labute approximate surface area is 124 Å². The molecule has 0 amide bonds. The van der Waals surface area contributed by atoms with Crippen LogP contribution in [0.15, 0.2) is 42.5 Å². The second-order valence-electron chi connectivity index (χ2n) is 4.59. The number of hydrogen-bond acceptors (Lipinski definition) is 3. The monoisotopic (exact) mass is 299 g/mol. The lowest BCUT2D eigenvalue weighted by atomic mass is 10.1. The molecule has 0 spiro atoms. The molecule has 2 aromatic carbocycles. The first kappa shape index (κ1) is 11.9. The van der Waals surface area contributed by atoms with Gasteiger partial charge < -0.3 is 4.74 Å². The molecule has 0 atom stereocenters. The van der Waals surface area contributed by atoms with Crippen LogP contribution in [0.3, 0.4) is 0 Å². The van der Waals surface area contributed by atoms with E-state index in [1.54, 1.807) is 18.4 Å². The number of hydrogen-bond donors (Lipinski definition) is 0. The second-order valence-corrected chi connectivity index (χ2v) is 6.00. The number of ether oxygens (including phenoxy) is 1. The minimum atomic E-state index is 0.568. The average molecular weight is 300 g/mol. The summed E-state index contributed by atoms with van der Waals surface area (Å²) in [6.45, 7) is 0. The Balaban J connectivity index is 2.30. The number of benzene rings is 2. The highest BCUT2D eigenvalue weighted by atomic mass is 35.5. The molecule has 0 aliphatic heterocycles. The highest BCUT2D eigenvalue weighted by molar-refractivity contribution is 7.26. The normalized spacial score (nSPS) is 11.5. The number of rotatable bonds is 1. The van der Waals surface area contributed by atoms with E-state index in [-0.39, 0.29) is 0 Å². The Morgan fingerprint density at radius 1 is 1.10 bits per heavy atom. The van der Waals surface area contributed by atoms with Gasteiger partial charge in [-0.05, 0) is 24.3 Å². The summed E-state index contributed by atoms with van der Waals surface area (Å²) in [6.07, 6.45) is 0. The van der Waals surface area contributed by atoms with Crippen LogP contribution >= 0.6 is 22.9 Å². The number of nitrogens with zero attached hydrogens (tertiary/aromatic N) is 1. The minimum Gasteiger partial charge on any atom is -0.497 e. The fraction of sp³-hybridized carbons (Fsp3) is 0.0625. The van der Waals surface area contributed by atoms with E-state index < -0.39 is 0 Å². The van der Waals surface area contributed by atoms with Crippen molar-refractivity contribution in [3.05, 3.63) is 47.6 Å². The van der Waals surface area contributed by atoms with Crippen LogP contribution < -0.4 is 4.74 Å². The maximum Gasteiger partial charge on any atom is 0.147 e. The number of halogens is 1. The molecule has 20 heavy (non-hydrogen) atoms. The van der Waals surface area contributed by atoms with Crippen LogP contribution in [0.1, 0.15) is 0 Å². The maximum atomic E-state index is 6.35. The van der Waals surface area contributed by atoms with Crippen LogP contribution in [0.4, 0.5) is 0 Å². The van der Waals surface area contributed by atoms with Crippen molar-refractivity contribution < 1.29 is 4.74 Å². The lowest BCUT2D eigenvalue weighted by molar-refractivity contribution is 0.415. The van der Waals surface area contributed by atoms with Gasteiger partial charge in [-0.25, -0.2) is 4.98 Å². The van der Waals surface area contributed by atoms with Crippen molar-refractivity contribution in [2.75, 3.05) is 7.11 Å². The van der Waals surface area contributed by atoms with Gasteiger partial charge in [-0.1, -0.05) is 29.8 Å². The summed E-state index contributed by atoms with van der Waals surface area (Å²) in [5.41, 5.74) is 0.924. The van der Waals surface area contributed by atoms with Crippen molar-refractivity contribution in [2.24, 2.45) is 0 Å². The van der Waals surface area contributed by atoms with Crippen LogP contribution in [-0.2, 0) is 0 Å². The SMILES string of the molecule is COc1ccc2sc3c(Cl)nc4ccccc4c3c2c1. The van der Waals surface area contributed by atoms with Gasteiger partial charge in [-0.2, -0.15) is 0 Å². The molecule has 0 saturated heterocycles. The quantitative estimate of drug-likeness (QED) is 0.447. The highest BCUT2D eigenvalue weighted by Crippen LogP contribution is 2.42. The van der Waals surface area contributed by atoms with Crippen molar-refractivity contribution in [3.63, 3.8) is 0 Å². The van der Waals surface area contributed by atoms with Gasteiger partial charge in [0, 0.05) is 20.9 Å². The molecule has 2 aromatic heterocycles. The van der Waals surface area contributed by atoms with Gasteiger partial charge in [-0.15, -0.1) is 11.3 Å². The van der Waals surface area contributed by atoms with Crippen molar-refractivity contribution in [3.8, 4) is 5.75 Å². The summed E-state index contributed by atoms with van der Waals surface area (Å²) in [6, 6.07) is 14.2. The molecule has 0 saturated carbocycles. The molecule has 0 radical (unpaired) electrons. The van der Waals surface area contributed by atoms with Crippen LogP contribution in [-0.4, -0.2) is 12.1 Å². The average Bonchev–Trinajstić information content (AvgIpc) is 2.87. The summed E-state index contributed by atoms with van der Waals surface area (Å²) in [5.74, 6) is 0.856. The van der Waals surface area contributed by atoms with Gasteiger partial charge in [0.25, 0.3) is 0 Å². The van der Waals surface area contributed by atoms with E-state index in [1.165, 1.54) is 15.5 Å². The second kappa shape index (κ2) is 4.33.